The van der Waals surface area contributed by atoms with Crippen molar-refractivity contribution < 1.29 is 4.79 Å². The Balaban J connectivity index is 2.06. The molecule has 2 rings (SSSR count). The van der Waals surface area contributed by atoms with Gasteiger partial charge in [0.15, 0.2) is 0 Å². The predicted molar refractivity (Wildman–Crippen MR) is 79.8 cm³/mol. The molecule has 4 heteroatoms. The Bertz CT molecular complexity index is 451. The molecule has 0 aliphatic carbocycles. The molecule has 1 aliphatic rings. The van der Waals surface area contributed by atoms with Crippen LogP contribution in [0.25, 0.3) is 0 Å². The molecule has 1 aromatic rings. The summed E-state index contributed by atoms with van der Waals surface area (Å²) < 4.78 is 0. The minimum atomic E-state index is -0.0436. The molecule has 1 saturated heterocycles. The van der Waals surface area contributed by atoms with Crippen molar-refractivity contribution in [3.05, 3.63) is 23.8 Å². The van der Waals surface area contributed by atoms with Crippen LogP contribution in [0, 0.1) is 6.92 Å². The van der Waals surface area contributed by atoms with Gasteiger partial charge in [-0.3, -0.25) is 4.79 Å². The van der Waals surface area contributed by atoms with Crippen molar-refractivity contribution >= 4 is 17.3 Å². The lowest BCUT2D eigenvalue weighted by Gasteiger charge is -2.23. The van der Waals surface area contributed by atoms with Crippen LogP contribution in [-0.2, 0) is 4.79 Å². The Labute approximate surface area is 115 Å². The summed E-state index contributed by atoms with van der Waals surface area (Å²) in [6, 6.07) is 5.98. The highest BCUT2D eigenvalue weighted by Crippen LogP contribution is 2.23. The normalized spacial score (nSPS) is 19.0. The van der Waals surface area contributed by atoms with Crippen molar-refractivity contribution in [3.8, 4) is 0 Å². The zero-order valence-electron chi connectivity index (χ0n) is 12.0. The highest BCUT2D eigenvalue weighted by atomic mass is 16.2. The summed E-state index contributed by atoms with van der Waals surface area (Å²) >= 11 is 0. The highest BCUT2D eigenvalue weighted by Gasteiger charge is 2.20. The molecule has 0 aromatic heterocycles. The molecule has 2 N–H and O–H groups in total. The van der Waals surface area contributed by atoms with E-state index in [0.717, 1.165) is 30.8 Å². The molecule has 0 radical (unpaired) electrons. The fourth-order valence-corrected chi connectivity index (χ4v) is 2.47. The Kier molecular flexibility index (Phi) is 4.43. The van der Waals surface area contributed by atoms with Crippen LogP contribution in [0.15, 0.2) is 18.2 Å². The predicted octanol–water partition coefficient (Wildman–Crippen LogP) is 2.14. The maximum Gasteiger partial charge on any atom is 0.241 e. The van der Waals surface area contributed by atoms with Gasteiger partial charge in [-0.25, -0.2) is 0 Å². The lowest BCUT2D eigenvalue weighted by Crippen LogP contribution is -2.43. The van der Waals surface area contributed by atoms with Crippen LogP contribution in [-0.4, -0.2) is 32.6 Å². The number of carbonyl (C=O) groups is 1. The van der Waals surface area contributed by atoms with Crippen LogP contribution in [0.5, 0.6) is 0 Å². The molecule has 1 fully saturated rings. The van der Waals surface area contributed by atoms with Gasteiger partial charge < -0.3 is 15.5 Å². The van der Waals surface area contributed by atoms with E-state index in [1.807, 2.05) is 32.3 Å². The topological polar surface area (TPSA) is 44.4 Å². The standard InChI is InChI=1S/C15H23N3O/c1-11-7-8-12(10-14(11)18(2)3)17-15(19)13-6-4-5-9-16-13/h7-8,10,13,16H,4-6,9H2,1-3H3,(H,17,19). The number of carbonyl (C=O) groups excluding carboxylic acids is 1. The SMILES string of the molecule is Cc1ccc(NC(=O)C2CCCCN2)cc1N(C)C. The molecular weight excluding hydrogens is 238 g/mol. The van der Waals surface area contributed by atoms with Gasteiger partial charge in [-0.1, -0.05) is 12.5 Å². The molecule has 1 aromatic carbocycles. The Morgan fingerprint density at radius 2 is 2.16 bits per heavy atom. The number of nitrogens with zero attached hydrogens (tertiary/aromatic N) is 1. The minimum Gasteiger partial charge on any atom is -0.377 e. The smallest absolute Gasteiger partial charge is 0.241 e. The van der Waals surface area contributed by atoms with Gasteiger partial charge in [0.25, 0.3) is 0 Å². The van der Waals surface area contributed by atoms with Crippen molar-refractivity contribution in [2.45, 2.75) is 32.2 Å². The largest absolute Gasteiger partial charge is 0.377 e. The molecule has 4 nitrogen and oxygen atoms in total. The number of hydrogen-bond donors (Lipinski definition) is 2. The van der Waals surface area contributed by atoms with Crippen LogP contribution in [0.4, 0.5) is 11.4 Å². The highest BCUT2D eigenvalue weighted by molar-refractivity contribution is 5.95. The van der Waals surface area contributed by atoms with Gasteiger partial charge in [0, 0.05) is 25.5 Å². The van der Waals surface area contributed by atoms with Gasteiger partial charge in [-0.15, -0.1) is 0 Å². The van der Waals surface area contributed by atoms with E-state index in [1.54, 1.807) is 0 Å². The van der Waals surface area contributed by atoms with E-state index in [9.17, 15) is 4.79 Å². The van der Waals surface area contributed by atoms with Gasteiger partial charge in [0.1, 0.15) is 0 Å². The van der Waals surface area contributed by atoms with Crippen molar-refractivity contribution in [1.82, 2.24) is 5.32 Å². The molecule has 0 spiro atoms. The molecule has 0 saturated carbocycles. The van der Waals surface area contributed by atoms with Crippen molar-refractivity contribution in [2.75, 3.05) is 30.9 Å². The number of hydrogen-bond acceptors (Lipinski definition) is 3. The summed E-state index contributed by atoms with van der Waals surface area (Å²) in [5, 5.41) is 6.27. The number of rotatable bonds is 3. The Morgan fingerprint density at radius 3 is 2.79 bits per heavy atom. The quantitative estimate of drug-likeness (QED) is 0.876. The summed E-state index contributed by atoms with van der Waals surface area (Å²) in [5.41, 5.74) is 3.21. The number of nitrogens with one attached hydrogen (secondary N) is 2. The van der Waals surface area contributed by atoms with Gasteiger partial charge in [-0.05, 0) is 44.0 Å². The zero-order valence-corrected chi connectivity index (χ0v) is 12.0. The van der Waals surface area contributed by atoms with Crippen LogP contribution in [0.1, 0.15) is 24.8 Å². The molecule has 1 aliphatic heterocycles. The zero-order chi connectivity index (χ0) is 13.8. The summed E-state index contributed by atoms with van der Waals surface area (Å²) in [6.07, 6.45) is 3.22. The third-order valence-corrected chi connectivity index (χ3v) is 3.59. The average molecular weight is 261 g/mol. The lowest BCUT2D eigenvalue weighted by molar-refractivity contribution is -0.118. The fraction of sp³-hybridized carbons (Fsp3) is 0.533. The first kappa shape index (κ1) is 13.9. The molecule has 1 atom stereocenters. The van der Waals surface area contributed by atoms with E-state index in [0.29, 0.717) is 0 Å². The maximum absolute atomic E-state index is 12.1. The van der Waals surface area contributed by atoms with Crippen molar-refractivity contribution in [1.29, 1.82) is 0 Å². The number of benzene rings is 1. The van der Waals surface area contributed by atoms with Crippen LogP contribution in [0.2, 0.25) is 0 Å². The summed E-state index contributed by atoms with van der Waals surface area (Å²) in [5.74, 6) is 0.0771. The second-order valence-electron chi connectivity index (χ2n) is 5.39. The number of anilines is 2. The summed E-state index contributed by atoms with van der Waals surface area (Å²) in [4.78, 5) is 14.2. The van der Waals surface area contributed by atoms with E-state index in [2.05, 4.69) is 22.5 Å². The fourth-order valence-electron chi connectivity index (χ4n) is 2.47. The minimum absolute atomic E-state index is 0.0436. The molecular formula is C15H23N3O. The Morgan fingerprint density at radius 1 is 1.37 bits per heavy atom. The number of amides is 1. The first-order chi connectivity index (χ1) is 9.08. The first-order valence-electron chi connectivity index (χ1n) is 6.90. The maximum atomic E-state index is 12.1. The molecule has 1 heterocycles. The van der Waals surface area contributed by atoms with Gasteiger partial charge >= 0.3 is 0 Å². The van der Waals surface area contributed by atoms with Crippen LogP contribution in [0.3, 0.4) is 0 Å². The van der Waals surface area contributed by atoms with Crippen molar-refractivity contribution in [2.24, 2.45) is 0 Å². The lowest BCUT2D eigenvalue weighted by atomic mass is 10.0. The van der Waals surface area contributed by atoms with E-state index in [-0.39, 0.29) is 11.9 Å². The number of aryl methyl sites for hydroxylation is 1. The van der Waals surface area contributed by atoms with Crippen molar-refractivity contribution in [3.63, 3.8) is 0 Å². The average Bonchev–Trinajstić information content (AvgIpc) is 2.41. The van der Waals surface area contributed by atoms with Gasteiger partial charge in [0.05, 0.1) is 6.04 Å². The van der Waals surface area contributed by atoms with E-state index in [4.69, 9.17) is 0 Å². The molecule has 1 unspecified atom stereocenters. The third kappa shape index (κ3) is 3.47. The monoisotopic (exact) mass is 261 g/mol. The van der Waals surface area contributed by atoms with E-state index < -0.39 is 0 Å². The van der Waals surface area contributed by atoms with E-state index in [1.165, 1.54) is 12.0 Å². The Hall–Kier alpha value is -1.55. The summed E-state index contributed by atoms with van der Waals surface area (Å²) in [7, 11) is 4.02. The number of piperidine rings is 1. The van der Waals surface area contributed by atoms with Crippen LogP contribution < -0.4 is 15.5 Å². The third-order valence-electron chi connectivity index (χ3n) is 3.59. The van der Waals surface area contributed by atoms with E-state index >= 15 is 0 Å². The molecule has 0 bridgehead atoms. The molecule has 19 heavy (non-hydrogen) atoms. The van der Waals surface area contributed by atoms with Gasteiger partial charge in [0.2, 0.25) is 5.91 Å². The van der Waals surface area contributed by atoms with Gasteiger partial charge in [-0.2, -0.15) is 0 Å². The summed E-state index contributed by atoms with van der Waals surface area (Å²) in [6.45, 7) is 3.01. The molecule has 104 valence electrons. The second kappa shape index (κ2) is 6.06. The van der Waals surface area contributed by atoms with Crippen LogP contribution >= 0.6 is 0 Å². The molecule has 1 amide bonds. The second-order valence-corrected chi connectivity index (χ2v) is 5.39. The first-order valence-corrected chi connectivity index (χ1v) is 6.90.